The number of ether oxygens (including phenoxy) is 1. The Bertz CT molecular complexity index is 1270. The summed E-state index contributed by atoms with van der Waals surface area (Å²) in [4.78, 5) is 0. The third-order valence-corrected chi connectivity index (χ3v) is 5.81. The third-order valence-electron chi connectivity index (χ3n) is 5.81. The quantitative estimate of drug-likeness (QED) is 0.302. The Balaban J connectivity index is 1.46. The SMILES string of the molecule is CCOc1ccc(-c2ccc(CCc3ccc(-c4ccc(CO)cc4)c(F)c3F)cc2)c(F)c1. The van der Waals surface area contributed by atoms with Gasteiger partial charge in [0.1, 0.15) is 11.6 Å². The van der Waals surface area contributed by atoms with Crippen LogP contribution < -0.4 is 4.74 Å². The van der Waals surface area contributed by atoms with Crippen molar-refractivity contribution in [3.05, 3.63) is 113 Å². The van der Waals surface area contributed by atoms with Crippen molar-refractivity contribution < 1.29 is 23.0 Å². The van der Waals surface area contributed by atoms with Gasteiger partial charge in [-0.05, 0) is 59.7 Å². The lowest BCUT2D eigenvalue weighted by atomic mass is 9.97. The molecule has 2 nitrogen and oxygen atoms in total. The number of halogens is 3. The molecule has 0 aliphatic carbocycles. The van der Waals surface area contributed by atoms with E-state index in [1.54, 1.807) is 48.5 Å². The lowest BCUT2D eigenvalue weighted by Crippen LogP contribution is -2.00. The van der Waals surface area contributed by atoms with Crippen LogP contribution in [0, 0.1) is 17.5 Å². The number of aliphatic hydroxyl groups is 1. The maximum absolute atomic E-state index is 14.7. The Labute approximate surface area is 197 Å². The molecule has 0 saturated heterocycles. The molecule has 0 heterocycles. The molecule has 1 N–H and O–H groups in total. The lowest BCUT2D eigenvalue weighted by Gasteiger charge is -2.10. The standard InChI is InChI=1S/C29H25F3O2/c1-2-34-24-14-16-25(27(30)17-24)21-8-3-19(4-9-21)5-12-23-13-15-26(29(32)28(23)31)22-10-6-20(18-33)7-11-22/h3-4,6-11,13-17,33H,2,5,12,18H2,1H3. The number of benzene rings is 4. The zero-order valence-corrected chi connectivity index (χ0v) is 18.8. The molecule has 0 saturated carbocycles. The second kappa shape index (κ2) is 10.6. The molecule has 0 fully saturated rings. The van der Waals surface area contributed by atoms with E-state index < -0.39 is 11.6 Å². The number of hydrogen-bond acceptors (Lipinski definition) is 2. The summed E-state index contributed by atoms with van der Waals surface area (Å²) in [5.41, 5.74) is 3.90. The van der Waals surface area contributed by atoms with E-state index in [4.69, 9.17) is 9.84 Å². The van der Waals surface area contributed by atoms with Crippen LogP contribution in [-0.2, 0) is 19.4 Å². The van der Waals surface area contributed by atoms with Gasteiger partial charge in [0.2, 0.25) is 0 Å². The van der Waals surface area contributed by atoms with Gasteiger partial charge in [-0.2, -0.15) is 0 Å². The first-order valence-electron chi connectivity index (χ1n) is 11.2. The summed E-state index contributed by atoms with van der Waals surface area (Å²) >= 11 is 0. The van der Waals surface area contributed by atoms with Crippen LogP contribution >= 0.6 is 0 Å². The van der Waals surface area contributed by atoms with E-state index in [1.165, 1.54) is 6.07 Å². The largest absolute Gasteiger partial charge is 0.494 e. The first-order valence-corrected chi connectivity index (χ1v) is 11.2. The zero-order chi connectivity index (χ0) is 24.1. The van der Waals surface area contributed by atoms with E-state index in [0.29, 0.717) is 47.5 Å². The van der Waals surface area contributed by atoms with Crippen LogP contribution in [0.5, 0.6) is 5.75 Å². The molecule has 4 rings (SSSR count). The number of hydrogen-bond donors (Lipinski definition) is 1. The van der Waals surface area contributed by atoms with E-state index >= 15 is 0 Å². The van der Waals surface area contributed by atoms with Crippen molar-refractivity contribution in [3.63, 3.8) is 0 Å². The molecule has 4 aromatic rings. The van der Waals surface area contributed by atoms with Gasteiger partial charge in [0.15, 0.2) is 11.6 Å². The van der Waals surface area contributed by atoms with Crippen LogP contribution in [0.3, 0.4) is 0 Å². The van der Waals surface area contributed by atoms with E-state index in [-0.39, 0.29) is 18.0 Å². The van der Waals surface area contributed by atoms with E-state index in [9.17, 15) is 13.2 Å². The predicted octanol–water partition coefficient (Wildman–Crippen LogP) is 7.11. The molecule has 174 valence electrons. The molecule has 0 radical (unpaired) electrons. The van der Waals surface area contributed by atoms with Gasteiger partial charge >= 0.3 is 0 Å². The van der Waals surface area contributed by atoms with Crippen LogP contribution in [0.4, 0.5) is 13.2 Å². The summed E-state index contributed by atoms with van der Waals surface area (Å²) in [5, 5.41) is 9.15. The van der Waals surface area contributed by atoms with E-state index in [1.807, 2.05) is 31.2 Å². The molecule has 0 spiro atoms. The molecule has 0 atom stereocenters. The molecule has 0 bridgehead atoms. The molecule has 0 aliphatic rings. The summed E-state index contributed by atoms with van der Waals surface area (Å²) in [6, 6.07) is 22.1. The second-order valence-electron chi connectivity index (χ2n) is 8.03. The molecule has 4 aromatic carbocycles. The van der Waals surface area contributed by atoms with Crippen molar-refractivity contribution in [2.45, 2.75) is 26.4 Å². The van der Waals surface area contributed by atoms with Crippen molar-refractivity contribution in [1.82, 2.24) is 0 Å². The molecule has 5 heteroatoms. The van der Waals surface area contributed by atoms with Gasteiger partial charge < -0.3 is 9.84 Å². The zero-order valence-electron chi connectivity index (χ0n) is 18.8. The molecular weight excluding hydrogens is 437 g/mol. The summed E-state index contributed by atoms with van der Waals surface area (Å²) in [6.45, 7) is 2.21. The van der Waals surface area contributed by atoms with Crippen LogP contribution in [0.15, 0.2) is 78.9 Å². The van der Waals surface area contributed by atoms with Gasteiger partial charge in [-0.1, -0.05) is 60.7 Å². The maximum atomic E-state index is 14.7. The van der Waals surface area contributed by atoms with Crippen molar-refractivity contribution in [3.8, 4) is 28.0 Å². The molecule has 34 heavy (non-hydrogen) atoms. The first kappa shape index (κ1) is 23.6. The summed E-state index contributed by atoms with van der Waals surface area (Å²) < 4.78 is 49.2. The summed E-state index contributed by atoms with van der Waals surface area (Å²) in [7, 11) is 0. The molecular formula is C29H25F3O2. The van der Waals surface area contributed by atoms with Gasteiger partial charge in [0.25, 0.3) is 0 Å². The van der Waals surface area contributed by atoms with Crippen LogP contribution in [0.25, 0.3) is 22.3 Å². The van der Waals surface area contributed by atoms with Gasteiger partial charge in [-0.3, -0.25) is 0 Å². The Morgan fingerprint density at radius 1 is 0.676 bits per heavy atom. The molecule has 0 aliphatic heterocycles. The highest BCUT2D eigenvalue weighted by atomic mass is 19.2. The predicted molar refractivity (Wildman–Crippen MR) is 128 cm³/mol. The Morgan fingerprint density at radius 2 is 1.29 bits per heavy atom. The van der Waals surface area contributed by atoms with Gasteiger partial charge in [0, 0.05) is 17.2 Å². The number of aryl methyl sites for hydroxylation is 2. The van der Waals surface area contributed by atoms with Crippen molar-refractivity contribution in [2.24, 2.45) is 0 Å². The minimum absolute atomic E-state index is 0.105. The van der Waals surface area contributed by atoms with Gasteiger partial charge in [-0.25, -0.2) is 13.2 Å². The smallest absolute Gasteiger partial charge is 0.166 e. The fraction of sp³-hybridized carbons (Fsp3) is 0.172. The monoisotopic (exact) mass is 462 g/mol. The van der Waals surface area contributed by atoms with Gasteiger partial charge in [0.05, 0.1) is 13.2 Å². The highest BCUT2D eigenvalue weighted by Crippen LogP contribution is 2.29. The van der Waals surface area contributed by atoms with Crippen molar-refractivity contribution in [1.29, 1.82) is 0 Å². The fourth-order valence-corrected chi connectivity index (χ4v) is 3.91. The van der Waals surface area contributed by atoms with Crippen LogP contribution in [0.1, 0.15) is 23.6 Å². The topological polar surface area (TPSA) is 29.5 Å². The lowest BCUT2D eigenvalue weighted by molar-refractivity contribution is 0.282. The van der Waals surface area contributed by atoms with Gasteiger partial charge in [-0.15, -0.1) is 0 Å². The highest BCUT2D eigenvalue weighted by Gasteiger charge is 2.15. The fourth-order valence-electron chi connectivity index (χ4n) is 3.91. The minimum Gasteiger partial charge on any atom is -0.494 e. The Hall–Kier alpha value is -3.57. The van der Waals surface area contributed by atoms with E-state index in [0.717, 1.165) is 11.1 Å². The highest BCUT2D eigenvalue weighted by molar-refractivity contribution is 5.66. The minimum atomic E-state index is -0.879. The van der Waals surface area contributed by atoms with E-state index in [2.05, 4.69) is 0 Å². The first-order chi connectivity index (χ1) is 16.5. The average molecular weight is 463 g/mol. The normalized spacial score (nSPS) is 11.0. The van der Waals surface area contributed by atoms with Crippen molar-refractivity contribution >= 4 is 0 Å². The average Bonchev–Trinajstić information content (AvgIpc) is 2.86. The maximum Gasteiger partial charge on any atom is 0.166 e. The van der Waals surface area contributed by atoms with Crippen LogP contribution in [-0.4, -0.2) is 11.7 Å². The second-order valence-corrected chi connectivity index (χ2v) is 8.03. The number of rotatable bonds is 8. The van der Waals surface area contributed by atoms with Crippen molar-refractivity contribution in [2.75, 3.05) is 6.61 Å². The summed E-state index contributed by atoms with van der Waals surface area (Å²) in [6.07, 6.45) is 0.857. The molecule has 0 amide bonds. The summed E-state index contributed by atoms with van der Waals surface area (Å²) in [5.74, 6) is -1.60. The number of aliphatic hydroxyl groups excluding tert-OH is 1. The molecule has 0 aromatic heterocycles. The third kappa shape index (κ3) is 5.15. The Kier molecular flexibility index (Phi) is 7.33. The Morgan fingerprint density at radius 3 is 1.91 bits per heavy atom. The molecule has 0 unspecified atom stereocenters. The van der Waals surface area contributed by atoms with Crippen LogP contribution in [0.2, 0.25) is 0 Å².